The second-order valence-electron chi connectivity index (χ2n) is 5.03. The molecule has 1 rings (SSSR count). The molecule has 2 heteroatoms. The molecule has 0 N–H and O–H groups in total. The van der Waals surface area contributed by atoms with Crippen molar-refractivity contribution < 1.29 is 9.53 Å². The zero-order valence-corrected chi connectivity index (χ0v) is 14.7. The Bertz CT molecular complexity index is 303. The van der Waals surface area contributed by atoms with E-state index in [1.165, 1.54) is 45.4 Å². The molecule has 0 saturated heterocycles. The predicted molar refractivity (Wildman–Crippen MR) is 92.3 cm³/mol. The summed E-state index contributed by atoms with van der Waals surface area (Å²) in [5.74, 6) is -0.242. The molecule has 0 aliphatic carbocycles. The second-order valence-corrected chi connectivity index (χ2v) is 5.03. The molecule has 0 aliphatic rings. The minimum Gasteiger partial charge on any atom is -0.461 e. The van der Waals surface area contributed by atoms with Crippen LogP contribution in [0.3, 0.4) is 0 Å². The van der Waals surface area contributed by atoms with E-state index in [-0.39, 0.29) is 5.97 Å². The Morgan fingerprint density at radius 1 is 0.905 bits per heavy atom. The van der Waals surface area contributed by atoms with Gasteiger partial charge in [-0.3, -0.25) is 4.79 Å². The molecular formula is C19H34O2. The highest BCUT2D eigenvalue weighted by Gasteiger charge is 1.93. The molecule has 0 spiro atoms. The van der Waals surface area contributed by atoms with E-state index in [9.17, 15) is 4.79 Å². The van der Waals surface area contributed by atoms with Crippen molar-refractivity contribution in [1.29, 1.82) is 0 Å². The topological polar surface area (TPSA) is 26.3 Å². The number of ether oxygens (including phenoxy) is 1. The highest BCUT2D eigenvalue weighted by Crippen LogP contribution is 2.00. The van der Waals surface area contributed by atoms with Gasteiger partial charge >= 0.3 is 5.97 Å². The summed E-state index contributed by atoms with van der Waals surface area (Å²) in [7, 11) is 0. The van der Waals surface area contributed by atoms with Gasteiger partial charge in [0.1, 0.15) is 6.61 Å². The van der Waals surface area contributed by atoms with E-state index < -0.39 is 0 Å². The maximum absolute atomic E-state index is 10.4. The van der Waals surface area contributed by atoms with Gasteiger partial charge in [-0.15, -0.1) is 0 Å². The smallest absolute Gasteiger partial charge is 0.302 e. The molecule has 0 fully saturated rings. The zero-order chi connectivity index (χ0) is 16.3. The van der Waals surface area contributed by atoms with Crippen LogP contribution < -0.4 is 0 Å². The molecule has 1 aromatic rings. The molecule has 0 aliphatic heterocycles. The Labute approximate surface area is 131 Å². The van der Waals surface area contributed by atoms with E-state index in [2.05, 4.69) is 27.7 Å². The summed E-state index contributed by atoms with van der Waals surface area (Å²) in [6.07, 6.45) is 8.26. The van der Waals surface area contributed by atoms with E-state index in [0.29, 0.717) is 6.61 Å². The molecule has 21 heavy (non-hydrogen) atoms. The van der Waals surface area contributed by atoms with Gasteiger partial charge in [0.25, 0.3) is 0 Å². The first-order valence-electron chi connectivity index (χ1n) is 8.29. The summed E-state index contributed by atoms with van der Waals surface area (Å²) in [6.45, 7) is 10.5. The van der Waals surface area contributed by atoms with Crippen LogP contribution in [0.1, 0.15) is 78.7 Å². The standard InChI is InChI=1S/C9H10O2.C7H16.C3H8/c1-8(10)11-7-9-5-3-2-4-6-9;1-3-5-7-6-4-2;1-3-2/h2-6H,7H2,1H3;3-7H2,1-2H3;3H2,1-2H3. The van der Waals surface area contributed by atoms with Gasteiger partial charge in [-0.25, -0.2) is 0 Å². The lowest BCUT2D eigenvalue weighted by atomic mass is 10.2. The molecule has 2 nitrogen and oxygen atoms in total. The third-order valence-corrected chi connectivity index (χ3v) is 2.49. The average molecular weight is 294 g/mol. The van der Waals surface area contributed by atoms with Crippen molar-refractivity contribution in [3.05, 3.63) is 35.9 Å². The molecule has 0 aromatic heterocycles. The summed E-state index contributed by atoms with van der Waals surface area (Å²) in [5.41, 5.74) is 1.02. The first-order chi connectivity index (χ1) is 10.1. The Morgan fingerprint density at radius 2 is 1.38 bits per heavy atom. The van der Waals surface area contributed by atoms with Gasteiger partial charge in [-0.2, -0.15) is 0 Å². The van der Waals surface area contributed by atoms with Gasteiger partial charge in [-0.05, 0) is 5.56 Å². The van der Waals surface area contributed by atoms with Gasteiger partial charge in [-0.1, -0.05) is 96.6 Å². The van der Waals surface area contributed by atoms with Gasteiger partial charge in [0, 0.05) is 6.92 Å². The fourth-order valence-corrected chi connectivity index (χ4v) is 1.44. The largest absolute Gasteiger partial charge is 0.461 e. The van der Waals surface area contributed by atoms with E-state index in [1.54, 1.807) is 0 Å². The number of carbonyl (C=O) groups excluding carboxylic acids is 1. The lowest BCUT2D eigenvalue weighted by Crippen LogP contribution is -1.97. The molecule has 122 valence electrons. The van der Waals surface area contributed by atoms with E-state index >= 15 is 0 Å². The van der Waals surface area contributed by atoms with Crippen molar-refractivity contribution in [3.63, 3.8) is 0 Å². The van der Waals surface area contributed by atoms with Crippen molar-refractivity contribution in [1.82, 2.24) is 0 Å². The zero-order valence-electron chi connectivity index (χ0n) is 14.7. The maximum atomic E-state index is 10.4. The van der Waals surface area contributed by atoms with Crippen LogP contribution in [0, 0.1) is 0 Å². The molecule has 1 aromatic carbocycles. The summed E-state index contributed by atoms with van der Waals surface area (Å²) in [6, 6.07) is 9.60. The Balaban J connectivity index is 0. The molecular weight excluding hydrogens is 260 g/mol. The summed E-state index contributed by atoms with van der Waals surface area (Å²) in [4.78, 5) is 10.4. The van der Waals surface area contributed by atoms with Crippen LogP contribution in [0.25, 0.3) is 0 Å². The van der Waals surface area contributed by atoms with Gasteiger partial charge in [0.2, 0.25) is 0 Å². The van der Waals surface area contributed by atoms with Crippen molar-refractivity contribution in [2.24, 2.45) is 0 Å². The van der Waals surface area contributed by atoms with Crippen molar-refractivity contribution in [2.75, 3.05) is 0 Å². The first-order valence-corrected chi connectivity index (χ1v) is 8.29. The Hall–Kier alpha value is -1.31. The number of benzene rings is 1. The van der Waals surface area contributed by atoms with E-state index in [4.69, 9.17) is 4.74 Å². The minimum absolute atomic E-state index is 0.242. The normalized spacial score (nSPS) is 8.81. The van der Waals surface area contributed by atoms with Crippen LogP contribution in [0.15, 0.2) is 30.3 Å². The minimum atomic E-state index is -0.242. The van der Waals surface area contributed by atoms with Crippen molar-refractivity contribution in [2.45, 2.75) is 79.8 Å². The summed E-state index contributed by atoms with van der Waals surface area (Å²) >= 11 is 0. The molecule has 0 saturated carbocycles. The molecule has 0 radical (unpaired) electrons. The second kappa shape index (κ2) is 18.7. The van der Waals surface area contributed by atoms with Crippen LogP contribution in [0.5, 0.6) is 0 Å². The number of unbranched alkanes of at least 4 members (excludes halogenated alkanes) is 4. The number of carbonyl (C=O) groups is 1. The monoisotopic (exact) mass is 294 g/mol. The molecule has 0 bridgehead atoms. The van der Waals surface area contributed by atoms with E-state index in [0.717, 1.165) is 5.56 Å². The number of hydrogen-bond acceptors (Lipinski definition) is 2. The summed E-state index contributed by atoms with van der Waals surface area (Å²) in [5, 5.41) is 0. The molecule has 0 heterocycles. The number of rotatable bonds is 6. The summed E-state index contributed by atoms with van der Waals surface area (Å²) < 4.78 is 4.79. The first kappa shape index (κ1) is 22.0. The Kier molecular flexibility index (Phi) is 19.6. The molecule has 0 unspecified atom stereocenters. The number of hydrogen-bond donors (Lipinski definition) is 0. The lowest BCUT2D eigenvalue weighted by molar-refractivity contribution is -0.142. The van der Waals surface area contributed by atoms with Crippen LogP contribution in [-0.2, 0) is 16.1 Å². The third-order valence-electron chi connectivity index (χ3n) is 2.49. The fraction of sp³-hybridized carbons (Fsp3) is 0.632. The van der Waals surface area contributed by atoms with Crippen LogP contribution in [0.2, 0.25) is 0 Å². The maximum Gasteiger partial charge on any atom is 0.302 e. The number of esters is 1. The molecule has 0 atom stereocenters. The highest BCUT2D eigenvalue weighted by atomic mass is 16.5. The average Bonchev–Trinajstić information content (AvgIpc) is 2.48. The van der Waals surface area contributed by atoms with Crippen molar-refractivity contribution >= 4 is 5.97 Å². The van der Waals surface area contributed by atoms with Crippen LogP contribution >= 0.6 is 0 Å². The molecule has 0 amide bonds. The fourth-order valence-electron chi connectivity index (χ4n) is 1.44. The predicted octanol–water partition coefficient (Wildman–Crippen LogP) is 6.14. The van der Waals surface area contributed by atoms with Crippen LogP contribution in [-0.4, -0.2) is 5.97 Å². The Morgan fingerprint density at radius 3 is 1.76 bits per heavy atom. The SMILES string of the molecule is CC(=O)OCc1ccccc1.CCC.CCCCCCC. The van der Waals surface area contributed by atoms with E-state index in [1.807, 2.05) is 30.3 Å². The van der Waals surface area contributed by atoms with Gasteiger partial charge in [0.05, 0.1) is 0 Å². The third kappa shape index (κ3) is 21.1. The van der Waals surface area contributed by atoms with Gasteiger partial charge in [0.15, 0.2) is 0 Å². The van der Waals surface area contributed by atoms with Crippen molar-refractivity contribution in [3.8, 4) is 0 Å². The lowest BCUT2D eigenvalue weighted by Gasteiger charge is -1.99. The van der Waals surface area contributed by atoms with Crippen LogP contribution in [0.4, 0.5) is 0 Å². The van der Waals surface area contributed by atoms with Gasteiger partial charge < -0.3 is 4.74 Å². The quantitative estimate of drug-likeness (QED) is 0.465. The highest BCUT2D eigenvalue weighted by molar-refractivity contribution is 5.65.